The Kier molecular flexibility index (Phi) is 5.06. The first-order chi connectivity index (χ1) is 16.7. The summed E-state index contributed by atoms with van der Waals surface area (Å²) in [6, 6.07) is 19.5. The van der Waals surface area contributed by atoms with E-state index in [0.717, 1.165) is 35.0 Å². The summed E-state index contributed by atoms with van der Waals surface area (Å²) in [4.78, 5) is 23.7. The lowest BCUT2D eigenvalue weighted by atomic mass is 9.89. The number of rotatable bonds is 4. The number of benzene rings is 2. The van der Waals surface area contributed by atoms with E-state index in [1.165, 1.54) is 10.9 Å². The van der Waals surface area contributed by atoms with Gasteiger partial charge in [-0.25, -0.2) is 4.98 Å². The Bertz CT molecular complexity index is 1480. The van der Waals surface area contributed by atoms with E-state index in [2.05, 4.69) is 23.3 Å². The highest BCUT2D eigenvalue weighted by Crippen LogP contribution is 2.35. The van der Waals surface area contributed by atoms with Crippen LogP contribution in [-0.2, 0) is 0 Å². The van der Waals surface area contributed by atoms with Crippen LogP contribution >= 0.6 is 0 Å². The molecule has 170 valence electrons. The van der Waals surface area contributed by atoms with Crippen molar-refractivity contribution in [3.8, 4) is 17.2 Å². The molecule has 6 rings (SSSR count). The summed E-state index contributed by atoms with van der Waals surface area (Å²) >= 11 is 0. The van der Waals surface area contributed by atoms with Crippen molar-refractivity contribution in [3.63, 3.8) is 0 Å². The number of carbonyl (C=O) groups is 1. The van der Waals surface area contributed by atoms with Crippen LogP contribution in [0.25, 0.3) is 33.3 Å². The van der Waals surface area contributed by atoms with E-state index in [9.17, 15) is 4.79 Å². The summed E-state index contributed by atoms with van der Waals surface area (Å²) in [7, 11) is 1.69. The average Bonchev–Trinajstić information content (AvgIpc) is 3.58. The minimum atomic E-state index is 0.0467. The van der Waals surface area contributed by atoms with Gasteiger partial charge in [-0.3, -0.25) is 4.79 Å². The Balaban J connectivity index is 1.27. The van der Waals surface area contributed by atoms with Gasteiger partial charge >= 0.3 is 0 Å². The Morgan fingerprint density at radius 3 is 2.71 bits per heavy atom. The monoisotopic (exact) mass is 451 g/mol. The number of aromatic nitrogens is 2. The maximum Gasteiger partial charge on any atom is 0.254 e. The van der Waals surface area contributed by atoms with Crippen LogP contribution in [0.1, 0.15) is 34.7 Å². The Morgan fingerprint density at radius 1 is 1.06 bits per heavy atom. The highest BCUT2D eigenvalue weighted by atomic mass is 16.5. The molecular formula is C28H25N3O3. The zero-order chi connectivity index (χ0) is 23.1. The van der Waals surface area contributed by atoms with Crippen molar-refractivity contribution in [1.82, 2.24) is 14.9 Å². The molecule has 0 atom stereocenters. The SMILES string of the molecule is COc1ccc2[nH]cc(C3CCN(C(=O)c4cc(-c5ccco5)nc5ccccc45)CC3)c2c1. The van der Waals surface area contributed by atoms with Crippen LogP contribution in [-0.4, -0.2) is 41.0 Å². The van der Waals surface area contributed by atoms with Crippen molar-refractivity contribution in [2.45, 2.75) is 18.8 Å². The highest BCUT2D eigenvalue weighted by Gasteiger charge is 2.27. The molecule has 6 nitrogen and oxygen atoms in total. The summed E-state index contributed by atoms with van der Waals surface area (Å²) in [5.41, 5.74) is 4.56. The molecule has 2 aromatic carbocycles. The third-order valence-corrected chi connectivity index (χ3v) is 6.86. The third kappa shape index (κ3) is 3.52. The number of ether oxygens (including phenoxy) is 1. The van der Waals surface area contributed by atoms with E-state index in [1.54, 1.807) is 13.4 Å². The molecule has 5 aromatic rings. The molecule has 0 spiro atoms. The summed E-state index contributed by atoms with van der Waals surface area (Å²) in [5, 5.41) is 2.07. The first kappa shape index (κ1) is 20.5. The van der Waals surface area contributed by atoms with Crippen molar-refractivity contribution in [3.05, 3.63) is 84.3 Å². The van der Waals surface area contributed by atoms with Crippen molar-refractivity contribution in [2.75, 3.05) is 20.2 Å². The van der Waals surface area contributed by atoms with Gasteiger partial charge in [0.2, 0.25) is 0 Å². The van der Waals surface area contributed by atoms with E-state index in [0.29, 0.717) is 36.0 Å². The largest absolute Gasteiger partial charge is 0.497 e. The number of fused-ring (bicyclic) bond motifs is 2. The number of pyridine rings is 1. The van der Waals surface area contributed by atoms with E-state index in [4.69, 9.17) is 14.1 Å². The number of methoxy groups -OCH3 is 1. The van der Waals surface area contributed by atoms with E-state index in [1.807, 2.05) is 53.4 Å². The van der Waals surface area contributed by atoms with Gasteiger partial charge in [-0.1, -0.05) is 18.2 Å². The predicted octanol–water partition coefficient (Wildman–Crippen LogP) is 6.00. The maximum absolute atomic E-state index is 13.7. The van der Waals surface area contributed by atoms with Gasteiger partial charge in [0, 0.05) is 35.6 Å². The van der Waals surface area contributed by atoms with Crippen molar-refractivity contribution in [2.24, 2.45) is 0 Å². The van der Waals surface area contributed by atoms with E-state index in [-0.39, 0.29) is 5.91 Å². The minimum absolute atomic E-state index is 0.0467. The van der Waals surface area contributed by atoms with Crippen LogP contribution in [0, 0.1) is 0 Å². The molecule has 1 aliphatic rings. The van der Waals surface area contributed by atoms with Crippen LogP contribution in [0.5, 0.6) is 5.75 Å². The molecule has 0 bridgehead atoms. The van der Waals surface area contributed by atoms with Crippen LogP contribution in [0.3, 0.4) is 0 Å². The average molecular weight is 452 g/mol. The standard InChI is InChI=1S/C28H25N3O3/c1-33-19-8-9-24-21(15-19)23(17-29-24)18-10-12-31(13-11-18)28(32)22-16-26(27-7-4-14-34-27)30-25-6-3-2-5-20(22)25/h2-9,14-18,29H,10-13H2,1H3. The van der Waals surface area contributed by atoms with Gasteiger partial charge in [0.15, 0.2) is 5.76 Å². The number of nitrogens with one attached hydrogen (secondary N) is 1. The summed E-state index contributed by atoms with van der Waals surface area (Å²) in [6.07, 6.45) is 5.57. The number of nitrogens with zero attached hydrogens (tertiary/aromatic N) is 2. The highest BCUT2D eigenvalue weighted by molar-refractivity contribution is 6.07. The molecule has 0 unspecified atom stereocenters. The molecule has 1 fully saturated rings. The minimum Gasteiger partial charge on any atom is -0.497 e. The lowest BCUT2D eigenvalue weighted by molar-refractivity contribution is 0.0715. The second-order valence-corrected chi connectivity index (χ2v) is 8.77. The molecule has 4 heterocycles. The number of amides is 1. The summed E-state index contributed by atoms with van der Waals surface area (Å²) in [6.45, 7) is 1.43. The van der Waals surface area contributed by atoms with Gasteiger partial charge in [-0.05, 0) is 66.8 Å². The molecule has 0 radical (unpaired) electrons. The molecule has 6 heteroatoms. The fraction of sp³-hybridized carbons (Fsp3) is 0.214. The fourth-order valence-electron chi connectivity index (χ4n) is 5.05. The van der Waals surface area contributed by atoms with Gasteiger partial charge < -0.3 is 19.0 Å². The van der Waals surface area contributed by atoms with Crippen LogP contribution in [0.15, 0.2) is 77.5 Å². The molecule has 1 saturated heterocycles. The second kappa shape index (κ2) is 8.37. The van der Waals surface area contributed by atoms with Crippen molar-refractivity contribution in [1.29, 1.82) is 0 Å². The number of hydrogen-bond donors (Lipinski definition) is 1. The van der Waals surface area contributed by atoms with Crippen LogP contribution in [0.4, 0.5) is 0 Å². The van der Waals surface area contributed by atoms with Crippen LogP contribution in [0.2, 0.25) is 0 Å². The maximum atomic E-state index is 13.7. The summed E-state index contributed by atoms with van der Waals surface area (Å²) in [5.74, 6) is 1.97. The number of carbonyl (C=O) groups excluding carboxylic acids is 1. The number of furan rings is 1. The van der Waals surface area contributed by atoms with Gasteiger partial charge in [-0.2, -0.15) is 0 Å². The Hall–Kier alpha value is -4.06. The van der Waals surface area contributed by atoms with E-state index < -0.39 is 0 Å². The van der Waals surface area contributed by atoms with Gasteiger partial charge in [0.05, 0.1) is 24.5 Å². The molecule has 0 saturated carbocycles. The van der Waals surface area contributed by atoms with Gasteiger partial charge in [-0.15, -0.1) is 0 Å². The normalized spacial score (nSPS) is 14.7. The van der Waals surface area contributed by atoms with Crippen molar-refractivity contribution >= 4 is 27.7 Å². The molecule has 1 N–H and O–H groups in total. The number of aromatic amines is 1. The van der Waals surface area contributed by atoms with E-state index >= 15 is 0 Å². The predicted molar refractivity (Wildman–Crippen MR) is 132 cm³/mol. The zero-order valence-electron chi connectivity index (χ0n) is 19.0. The number of hydrogen-bond acceptors (Lipinski definition) is 4. The first-order valence-electron chi connectivity index (χ1n) is 11.6. The summed E-state index contributed by atoms with van der Waals surface area (Å²) < 4.78 is 11.0. The number of para-hydroxylation sites is 1. The Morgan fingerprint density at radius 2 is 1.91 bits per heavy atom. The number of H-pyrrole nitrogens is 1. The smallest absolute Gasteiger partial charge is 0.254 e. The lowest BCUT2D eigenvalue weighted by Crippen LogP contribution is -2.38. The molecule has 0 aliphatic carbocycles. The molecular weight excluding hydrogens is 426 g/mol. The number of likely N-dealkylation sites (tertiary alicyclic amines) is 1. The van der Waals surface area contributed by atoms with Crippen LogP contribution < -0.4 is 4.74 Å². The Labute approximate surface area is 197 Å². The van der Waals surface area contributed by atoms with Gasteiger partial charge in [0.25, 0.3) is 5.91 Å². The molecule has 3 aromatic heterocycles. The zero-order valence-corrected chi connectivity index (χ0v) is 19.0. The third-order valence-electron chi connectivity index (χ3n) is 6.86. The van der Waals surface area contributed by atoms with Gasteiger partial charge in [0.1, 0.15) is 11.4 Å². The lowest BCUT2D eigenvalue weighted by Gasteiger charge is -2.32. The molecule has 1 amide bonds. The topological polar surface area (TPSA) is 71.4 Å². The number of piperidine rings is 1. The first-order valence-corrected chi connectivity index (χ1v) is 11.6. The molecule has 1 aliphatic heterocycles. The fourth-order valence-corrected chi connectivity index (χ4v) is 5.05. The second-order valence-electron chi connectivity index (χ2n) is 8.77. The molecule has 34 heavy (non-hydrogen) atoms. The van der Waals surface area contributed by atoms with Crippen molar-refractivity contribution < 1.29 is 13.9 Å². The quantitative estimate of drug-likeness (QED) is 0.364.